The number of halogens is 3. The topological polar surface area (TPSA) is 0 Å². The third kappa shape index (κ3) is 2.37. The van der Waals surface area contributed by atoms with Crippen LogP contribution in [-0.4, -0.2) is 0 Å². The maximum Gasteiger partial charge on any atom is 0.0559 e. The van der Waals surface area contributed by atoms with Gasteiger partial charge in [-0.25, -0.2) is 0 Å². The Labute approximate surface area is 116 Å². The largest absolute Gasteiger partial charge is 0.0831 e. The summed E-state index contributed by atoms with van der Waals surface area (Å²) in [6, 6.07) is 14.2. The molecule has 0 heterocycles. The smallest absolute Gasteiger partial charge is 0.0559 e. The molecular weight excluding hydrogens is 386 g/mol. The van der Waals surface area contributed by atoms with Gasteiger partial charge in [-0.3, -0.25) is 0 Å². The maximum absolute atomic E-state index is 6.02. The highest BCUT2D eigenvalue weighted by Crippen LogP contribution is 2.35. The number of hydrogen-bond donors (Lipinski definition) is 0. The fourth-order valence-corrected chi connectivity index (χ4v) is 2.81. The average molecular weight is 393 g/mol. The molecule has 0 unspecified atom stereocenters. The molecule has 0 N–H and O–H groups in total. The van der Waals surface area contributed by atoms with Crippen molar-refractivity contribution in [3.05, 3.63) is 55.5 Å². The quantitative estimate of drug-likeness (QED) is 0.451. The van der Waals surface area contributed by atoms with Crippen molar-refractivity contribution in [3.63, 3.8) is 0 Å². The molecule has 0 aliphatic carbocycles. The van der Waals surface area contributed by atoms with Gasteiger partial charge in [-0.15, -0.1) is 0 Å². The second kappa shape index (κ2) is 4.85. The van der Waals surface area contributed by atoms with Crippen LogP contribution >= 0.6 is 50.1 Å². The van der Waals surface area contributed by atoms with E-state index in [-0.39, 0.29) is 0 Å². The fraction of sp³-hybridized carbons (Fsp3) is 0. The Morgan fingerprint density at radius 2 is 1.67 bits per heavy atom. The molecule has 0 spiro atoms. The van der Waals surface area contributed by atoms with Gasteiger partial charge in [0.1, 0.15) is 0 Å². The summed E-state index contributed by atoms with van der Waals surface area (Å²) < 4.78 is 2.11. The molecule has 2 aromatic rings. The third-order valence-corrected chi connectivity index (χ3v) is 5.35. The summed E-state index contributed by atoms with van der Waals surface area (Å²) in [4.78, 5) is 0. The van der Waals surface area contributed by atoms with E-state index in [4.69, 9.17) is 11.6 Å². The Morgan fingerprint density at radius 3 is 2.33 bits per heavy atom. The Balaban J connectivity index is 2.60. The summed E-state index contributed by atoms with van der Waals surface area (Å²) >= 11 is 11.8. The number of hydrogen-bond acceptors (Lipinski definition) is 0. The van der Waals surface area contributed by atoms with Gasteiger partial charge in [0, 0.05) is 3.57 Å². The molecule has 0 saturated carbocycles. The highest BCUT2D eigenvalue weighted by molar-refractivity contribution is 14.1. The van der Waals surface area contributed by atoms with E-state index in [1.807, 2.05) is 30.3 Å². The Bertz CT molecular complexity index is 482. The van der Waals surface area contributed by atoms with Crippen LogP contribution in [0.15, 0.2) is 46.9 Å². The van der Waals surface area contributed by atoms with E-state index in [2.05, 4.69) is 50.7 Å². The van der Waals surface area contributed by atoms with Crippen molar-refractivity contribution >= 4 is 50.1 Å². The molecule has 0 fully saturated rings. The molecule has 0 atom stereocenters. The minimum atomic E-state index is 0.749. The first kappa shape index (κ1) is 11.4. The highest BCUT2D eigenvalue weighted by atomic mass is 127. The second-order valence-electron chi connectivity index (χ2n) is 3.09. The molecule has 0 bridgehead atoms. The lowest BCUT2D eigenvalue weighted by Crippen LogP contribution is -1.84. The SMILES string of the molecule is Clc1ccc(-c2ccccc2)c(I)c1Br. The van der Waals surface area contributed by atoms with Crippen LogP contribution in [0.25, 0.3) is 11.1 Å². The minimum Gasteiger partial charge on any atom is -0.0831 e. The zero-order valence-corrected chi connectivity index (χ0v) is 12.2. The zero-order valence-electron chi connectivity index (χ0n) is 7.68. The molecule has 15 heavy (non-hydrogen) atoms. The highest BCUT2D eigenvalue weighted by Gasteiger charge is 2.08. The third-order valence-electron chi connectivity index (χ3n) is 2.12. The van der Waals surface area contributed by atoms with Crippen LogP contribution in [0, 0.1) is 3.57 Å². The van der Waals surface area contributed by atoms with Crippen molar-refractivity contribution in [3.8, 4) is 11.1 Å². The van der Waals surface area contributed by atoms with E-state index < -0.39 is 0 Å². The molecule has 3 heteroatoms. The van der Waals surface area contributed by atoms with Crippen LogP contribution in [0.3, 0.4) is 0 Å². The van der Waals surface area contributed by atoms with Crippen molar-refractivity contribution in [1.29, 1.82) is 0 Å². The lowest BCUT2D eigenvalue weighted by molar-refractivity contribution is 1.54. The van der Waals surface area contributed by atoms with Gasteiger partial charge in [0.25, 0.3) is 0 Å². The van der Waals surface area contributed by atoms with E-state index in [1.54, 1.807) is 0 Å². The first-order valence-electron chi connectivity index (χ1n) is 4.39. The monoisotopic (exact) mass is 392 g/mol. The molecule has 0 aliphatic rings. The Kier molecular flexibility index (Phi) is 3.69. The van der Waals surface area contributed by atoms with Crippen molar-refractivity contribution < 1.29 is 0 Å². The molecule has 0 nitrogen and oxygen atoms in total. The molecule has 0 aromatic heterocycles. The van der Waals surface area contributed by atoms with Crippen molar-refractivity contribution in [1.82, 2.24) is 0 Å². The first-order valence-corrected chi connectivity index (χ1v) is 6.64. The van der Waals surface area contributed by atoms with E-state index >= 15 is 0 Å². The lowest BCUT2D eigenvalue weighted by atomic mass is 10.1. The van der Waals surface area contributed by atoms with Crippen LogP contribution in [-0.2, 0) is 0 Å². The fourth-order valence-electron chi connectivity index (χ4n) is 1.37. The molecule has 0 amide bonds. The summed E-state index contributed by atoms with van der Waals surface area (Å²) in [5.74, 6) is 0. The van der Waals surface area contributed by atoms with Gasteiger partial charge in [-0.1, -0.05) is 48.0 Å². The van der Waals surface area contributed by atoms with Gasteiger partial charge in [-0.05, 0) is 55.7 Å². The van der Waals surface area contributed by atoms with Gasteiger partial charge in [0.15, 0.2) is 0 Å². The van der Waals surface area contributed by atoms with E-state index in [1.165, 1.54) is 11.1 Å². The molecule has 0 saturated heterocycles. The molecule has 2 rings (SSSR count). The van der Waals surface area contributed by atoms with Crippen LogP contribution < -0.4 is 0 Å². The summed E-state index contributed by atoms with van der Waals surface area (Å²) in [6.07, 6.45) is 0. The normalized spacial score (nSPS) is 10.3. The first-order chi connectivity index (χ1) is 7.20. The molecule has 0 radical (unpaired) electrons. The van der Waals surface area contributed by atoms with Gasteiger partial charge < -0.3 is 0 Å². The maximum atomic E-state index is 6.02. The zero-order chi connectivity index (χ0) is 10.8. The Hall–Kier alpha value is -0.0600. The number of rotatable bonds is 1. The van der Waals surface area contributed by atoms with Gasteiger partial charge >= 0.3 is 0 Å². The Morgan fingerprint density at radius 1 is 1.00 bits per heavy atom. The average Bonchev–Trinajstić information content (AvgIpc) is 2.27. The molecular formula is C12H7BrClI. The van der Waals surface area contributed by atoms with E-state index in [0.717, 1.165) is 13.1 Å². The summed E-state index contributed by atoms with van der Waals surface area (Å²) in [7, 11) is 0. The van der Waals surface area contributed by atoms with Crippen LogP contribution in [0.2, 0.25) is 5.02 Å². The van der Waals surface area contributed by atoms with E-state index in [0.29, 0.717) is 0 Å². The summed E-state index contributed by atoms with van der Waals surface area (Å²) in [5, 5.41) is 0.749. The van der Waals surface area contributed by atoms with Crippen LogP contribution in [0.5, 0.6) is 0 Å². The summed E-state index contributed by atoms with van der Waals surface area (Å²) in [5.41, 5.74) is 2.41. The van der Waals surface area contributed by atoms with Gasteiger partial charge in [0.05, 0.1) is 9.50 Å². The van der Waals surface area contributed by atoms with Crippen molar-refractivity contribution in [2.45, 2.75) is 0 Å². The minimum absolute atomic E-state index is 0.749. The molecule has 0 aliphatic heterocycles. The van der Waals surface area contributed by atoms with Crippen LogP contribution in [0.4, 0.5) is 0 Å². The van der Waals surface area contributed by atoms with Crippen molar-refractivity contribution in [2.75, 3.05) is 0 Å². The lowest BCUT2D eigenvalue weighted by Gasteiger charge is -2.07. The second-order valence-corrected chi connectivity index (χ2v) is 5.37. The number of benzene rings is 2. The van der Waals surface area contributed by atoms with Crippen LogP contribution in [0.1, 0.15) is 0 Å². The predicted molar refractivity (Wildman–Crippen MR) is 77.3 cm³/mol. The molecule has 76 valence electrons. The van der Waals surface area contributed by atoms with Gasteiger partial charge in [0.2, 0.25) is 0 Å². The predicted octanol–water partition coefficient (Wildman–Crippen LogP) is 5.37. The van der Waals surface area contributed by atoms with E-state index in [9.17, 15) is 0 Å². The van der Waals surface area contributed by atoms with Gasteiger partial charge in [-0.2, -0.15) is 0 Å². The molecule has 2 aromatic carbocycles. The van der Waals surface area contributed by atoms with Crippen molar-refractivity contribution in [2.24, 2.45) is 0 Å². The standard InChI is InChI=1S/C12H7BrClI/c13-11-10(14)7-6-9(12(11)15)8-4-2-1-3-5-8/h1-7H. The summed E-state index contributed by atoms with van der Waals surface area (Å²) in [6.45, 7) is 0.